The van der Waals surface area contributed by atoms with Gasteiger partial charge >= 0.3 is 0 Å². The number of fused-ring (bicyclic) bond motifs is 1. The molecule has 0 N–H and O–H groups in total. The Balaban J connectivity index is 1.95. The molecule has 1 aliphatic heterocycles. The second kappa shape index (κ2) is 6.26. The van der Waals surface area contributed by atoms with Crippen molar-refractivity contribution in [3.63, 3.8) is 0 Å². The van der Waals surface area contributed by atoms with E-state index in [1.807, 2.05) is 10.6 Å². The van der Waals surface area contributed by atoms with E-state index < -0.39 is 0 Å². The van der Waals surface area contributed by atoms with Crippen molar-refractivity contribution in [1.29, 1.82) is 0 Å². The zero-order valence-corrected chi connectivity index (χ0v) is 12.4. The van der Waals surface area contributed by atoms with E-state index in [0.29, 0.717) is 43.7 Å². The predicted molar refractivity (Wildman–Crippen MR) is 77.5 cm³/mol. The number of imidazole rings is 1. The van der Waals surface area contributed by atoms with Gasteiger partial charge in [-0.2, -0.15) is 0 Å². The van der Waals surface area contributed by atoms with Gasteiger partial charge in [0, 0.05) is 18.5 Å². The summed E-state index contributed by atoms with van der Waals surface area (Å²) in [6.07, 6.45) is 2.33. The Labute approximate surface area is 126 Å². The minimum Gasteiger partial charge on any atom is -0.376 e. The van der Waals surface area contributed by atoms with Gasteiger partial charge in [0.15, 0.2) is 5.65 Å². The number of hydrogen-bond donors (Lipinski definition) is 0. The highest BCUT2D eigenvalue weighted by molar-refractivity contribution is 6.31. The molecule has 3 heterocycles. The van der Waals surface area contributed by atoms with Gasteiger partial charge in [-0.15, -0.1) is 11.6 Å². The number of halogens is 2. The van der Waals surface area contributed by atoms with Crippen molar-refractivity contribution < 1.29 is 9.47 Å². The molecule has 1 atom stereocenters. The number of rotatable bonds is 4. The van der Waals surface area contributed by atoms with E-state index in [1.165, 1.54) is 0 Å². The van der Waals surface area contributed by atoms with Crippen LogP contribution in [0.3, 0.4) is 0 Å². The molecule has 0 aromatic carbocycles. The lowest BCUT2D eigenvalue weighted by molar-refractivity contribution is -0.0934. The molecule has 3 rings (SSSR count). The fourth-order valence-corrected chi connectivity index (χ4v) is 2.67. The van der Waals surface area contributed by atoms with Crippen molar-refractivity contribution in [3.8, 4) is 0 Å². The van der Waals surface area contributed by atoms with Gasteiger partial charge in [0.25, 0.3) is 0 Å². The van der Waals surface area contributed by atoms with Gasteiger partial charge in [-0.1, -0.05) is 11.6 Å². The number of ether oxygens (including phenoxy) is 2. The summed E-state index contributed by atoms with van der Waals surface area (Å²) in [4.78, 5) is 8.94. The van der Waals surface area contributed by atoms with Crippen LogP contribution in [-0.4, -0.2) is 46.3 Å². The lowest BCUT2D eigenvalue weighted by atomic mass is 10.3. The maximum atomic E-state index is 5.97. The first kappa shape index (κ1) is 14.1. The van der Waals surface area contributed by atoms with Gasteiger partial charge in [-0.05, 0) is 6.07 Å². The van der Waals surface area contributed by atoms with Crippen LogP contribution in [-0.2, 0) is 22.4 Å². The molecule has 0 amide bonds. The third kappa shape index (κ3) is 2.91. The summed E-state index contributed by atoms with van der Waals surface area (Å²) in [5, 5.41) is 0.580. The quantitative estimate of drug-likeness (QED) is 0.812. The van der Waals surface area contributed by atoms with Gasteiger partial charge in [0.2, 0.25) is 0 Å². The molecule has 108 valence electrons. The largest absolute Gasteiger partial charge is 0.376 e. The average Bonchev–Trinajstić information content (AvgIpc) is 2.77. The van der Waals surface area contributed by atoms with Gasteiger partial charge < -0.3 is 14.0 Å². The van der Waals surface area contributed by atoms with Crippen molar-refractivity contribution in [2.24, 2.45) is 0 Å². The molecule has 0 radical (unpaired) electrons. The highest BCUT2D eigenvalue weighted by atomic mass is 35.5. The van der Waals surface area contributed by atoms with Gasteiger partial charge in [0.1, 0.15) is 11.3 Å². The van der Waals surface area contributed by atoms with Crippen LogP contribution < -0.4 is 0 Å². The van der Waals surface area contributed by atoms with E-state index in [-0.39, 0.29) is 6.10 Å². The van der Waals surface area contributed by atoms with E-state index >= 15 is 0 Å². The van der Waals surface area contributed by atoms with E-state index in [2.05, 4.69) is 9.97 Å². The summed E-state index contributed by atoms with van der Waals surface area (Å²) in [5.41, 5.74) is 1.60. The van der Waals surface area contributed by atoms with Crippen molar-refractivity contribution in [1.82, 2.24) is 14.5 Å². The minimum atomic E-state index is 0.0210. The molecule has 2 aromatic heterocycles. The molecular formula is C13H15Cl2N3O2. The predicted octanol–water partition coefficient (Wildman–Crippen LogP) is 2.28. The third-order valence-corrected chi connectivity index (χ3v) is 3.62. The van der Waals surface area contributed by atoms with Crippen LogP contribution in [0.5, 0.6) is 0 Å². The summed E-state index contributed by atoms with van der Waals surface area (Å²) in [7, 11) is 0. The standard InChI is InChI=1S/C13H15Cl2N3O2/c14-2-1-12-17-11-5-9(15)6-16-13(11)18(12)7-10-8-19-3-4-20-10/h5-6,10H,1-4,7-8H2. The Hall–Kier alpha value is -0.880. The third-order valence-electron chi connectivity index (χ3n) is 3.22. The van der Waals surface area contributed by atoms with Crippen LogP contribution in [0.2, 0.25) is 5.02 Å². The van der Waals surface area contributed by atoms with Crippen molar-refractivity contribution in [2.75, 3.05) is 25.7 Å². The zero-order chi connectivity index (χ0) is 13.9. The first-order chi connectivity index (χ1) is 9.78. The topological polar surface area (TPSA) is 49.2 Å². The first-order valence-electron chi connectivity index (χ1n) is 6.54. The Morgan fingerprint density at radius 1 is 1.40 bits per heavy atom. The van der Waals surface area contributed by atoms with E-state index in [1.54, 1.807) is 6.20 Å². The van der Waals surface area contributed by atoms with E-state index in [4.69, 9.17) is 32.7 Å². The molecule has 0 aliphatic carbocycles. The maximum Gasteiger partial charge on any atom is 0.160 e. The molecule has 1 saturated heterocycles. The van der Waals surface area contributed by atoms with Crippen LogP contribution in [0.1, 0.15) is 5.82 Å². The van der Waals surface area contributed by atoms with Crippen LogP contribution in [0.25, 0.3) is 11.2 Å². The Morgan fingerprint density at radius 3 is 3.05 bits per heavy atom. The lowest BCUT2D eigenvalue weighted by Crippen LogP contribution is -2.32. The van der Waals surface area contributed by atoms with Crippen molar-refractivity contribution in [2.45, 2.75) is 19.1 Å². The number of hydrogen-bond acceptors (Lipinski definition) is 4. The fourth-order valence-electron chi connectivity index (χ4n) is 2.35. The van der Waals surface area contributed by atoms with E-state index in [0.717, 1.165) is 17.0 Å². The molecule has 1 aliphatic rings. The summed E-state index contributed by atoms with van der Waals surface area (Å²) < 4.78 is 13.2. The normalized spacial score (nSPS) is 19.6. The second-order valence-electron chi connectivity index (χ2n) is 4.64. The number of nitrogens with zero attached hydrogens (tertiary/aromatic N) is 3. The number of pyridine rings is 1. The summed E-state index contributed by atoms with van der Waals surface area (Å²) >= 11 is 11.8. The zero-order valence-electron chi connectivity index (χ0n) is 10.9. The highest BCUT2D eigenvalue weighted by Crippen LogP contribution is 2.20. The van der Waals surface area contributed by atoms with Crippen LogP contribution >= 0.6 is 23.2 Å². The molecule has 1 unspecified atom stereocenters. The monoisotopic (exact) mass is 315 g/mol. The summed E-state index contributed by atoms with van der Waals surface area (Å²) in [6, 6.07) is 1.82. The molecule has 0 saturated carbocycles. The summed E-state index contributed by atoms with van der Waals surface area (Å²) in [5.74, 6) is 1.41. The molecule has 0 spiro atoms. The molecule has 2 aromatic rings. The summed E-state index contributed by atoms with van der Waals surface area (Å²) in [6.45, 7) is 2.54. The van der Waals surface area contributed by atoms with Gasteiger partial charge in [0.05, 0.1) is 37.5 Å². The number of alkyl halides is 1. The van der Waals surface area contributed by atoms with Gasteiger partial charge in [-0.3, -0.25) is 0 Å². The Bertz CT molecular complexity index is 597. The van der Waals surface area contributed by atoms with Gasteiger partial charge in [-0.25, -0.2) is 9.97 Å². The fraction of sp³-hybridized carbons (Fsp3) is 0.538. The maximum absolute atomic E-state index is 5.97. The molecule has 20 heavy (non-hydrogen) atoms. The van der Waals surface area contributed by atoms with E-state index in [9.17, 15) is 0 Å². The lowest BCUT2D eigenvalue weighted by Gasteiger charge is -2.24. The molecular weight excluding hydrogens is 301 g/mol. The SMILES string of the molecule is ClCCc1nc2cc(Cl)cnc2n1CC1COCCO1. The number of aromatic nitrogens is 3. The first-order valence-corrected chi connectivity index (χ1v) is 7.45. The van der Waals surface area contributed by atoms with Crippen LogP contribution in [0, 0.1) is 0 Å². The molecule has 7 heteroatoms. The second-order valence-corrected chi connectivity index (χ2v) is 5.46. The van der Waals surface area contributed by atoms with Crippen LogP contribution in [0.4, 0.5) is 0 Å². The Morgan fingerprint density at radius 2 is 2.30 bits per heavy atom. The van der Waals surface area contributed by atoms with Crippen molar-refractivity contribution >= 4 is 34.4 Å². The smallest absolute Gasteiger partial charge is 0.160 e. The minimum absolute atomic E-state index is 0.0210. The van der Waals surface area contributed by atoms with Crippen molar-refractivity contribution in [3.05, 3.63) is 23.1 Å². The Kier molecular flexibility index (Phi) is 4.41. The number of aryl methyl sites for hydroxylation is 1. The average molecular weight is 316 g/mol. The highest BCUT2D eigenvalue weighted by Gasteiger charge is 2.19. The van der Waals surface area contributed by atoms with Crippen LogP contribution in [0.15, 0.2) is 12.3 Å². The molecule has 0 bridgehead atoms. The molecule has 5 nitrogen and oxygen atoms in total. The molecule has 1 fully saturated rings.